The van der Waals surface area contributed by atoms with Gasteiger partial charge in [-0.05, 0) is 54.5 Å². The highest BCUT2D eigenvalue weighted by Gasteiger charge is 1.99. The van der Waals surface area contributed by atoms with Crippen molar-refractivity contribution in [2.75, 3.05) is 5.32 Å². The Labute approximate surface area is 111 Å². The van der Waals surface area contributed by atoms with E-state index in [4.69, 9.17) is 12.2 Å². The van der Waals surface area contributed by atoms with Crippen LogP contribution in [0, 0.1) is 6.92 Å². The predicted octanol–water partition coefficient (Wildman–Crippen LogP) is 2.27. The first-order valence-corrected chi connectivity index (χ1v) is 6.01. The highest BCUT2D eigenvalue weighted by molar-refractivity contribution is 7.80. The minimum absolute atomic E-state index is 0.560. The topological polar surface area (TPSA) is 49.8 Å². The summed E-state index contributed by atoms with van der Waals surface area (Å²) in [5, 5.41) is 6.73. The van der Waals surface area contributed by atoms with E-state index in [9.17, 15) is 0 Å². The summed E-state index contributed by atoms with van der Waals surface area (Å²) >= 11 is 5.20. The van der Waals surface area contributed by atoms with E-state index in [1.54, 1.807) is 18.6 Å². The van der Waals surface area contributed by atoms with Crippen LogP contribution in [0.2, 0.25) is 0 Å². The molecule has 0 aliphatic carbocycles. The molecule has 0 aromatic carbocycles. The van der Waals surface area contributed by atoms with E-state index in [0.29, 0.717) is 11.7 Å². The molecular weight excluding hydrogens is 244 g/mol. The van der Waals surface area contributed by atoms with Crippen LogP contribution >= 0.6 is 12.2 Å². The van der Waals surface area contributed by atoms with Crippen molar-refractivity contribution in [3.05, 3.63) is 54.0 Å². The van der Waals surface area contributed by atoms with Crippen LogP contribution in [0.25, 0.3) is 0 Å². The highest BCUT2D eigenvalue weighted by atomic mass is 32.1. The maximum Gasteiger partial charge on any atom is 0.172 e. The second kappa shape index (κ2) is 6.07. The minimum Gasteiger partial charge on any atom is -0.358 e. The number of thiocarbonyl (C=S) groups is 1. The molecule has 0 saturated heterocycles. The molecule has 0 saturated carbocycles. The smallest absolute Gasteiger partial charge is 0.172 e. The molecule has 92 valence electrons. The first-order valence-electron chi connectivity index (χ1n) is 5.60. The molecule has 0 radical (unpaired) electrons. The van der Waals surface area contributed by atoms with E-state index in [1.807, 2.05) is 31.2 Å². The Morgan fingerprint density at radius 2 is 2.00 bits per heavy atom. The molecule has 5 heteroatoms. The molecule has 0 fully saturated rings. The number of nitrogens with zero attached hydrogens (tertiary/aromatic N) is 2. The van der Waals surface area contributed by atoms with Gasteiger partial charge in [0.15, 0.2) is 5.11 Å². The minimum atomic E-state index is 0.560. The maximum atomic E-state index is 5.20. The lowest BCUT2D eigenvalue weighted by Gasteiger charge is -2.10. The van der Waals surface area contributed by atoms with Gasteiger partial charge in [-0.2, -0.15) is 0 Å². The standard InChI is InChI=1S/C13H14N4S/c1-10-2-7-15-12(8-10)17-13(18)16-9-11-3-5-14-6-4-11/h2-8H,9H2,1H3,(H2,15,16,17,18). The van der Waals surface area contributed by atoms with Gasteiger partial charge in [-0.1, -0.05) is 0 Å². The number of hydrogen-bond donors (Lipinski definition) is 2. The number of nitrogens with one attached hydrogen (secondary N) is 2. The summed E-state index contributed by atoms with van der Waals surface area (Å²) in [6, 6.07) is 7.78. The number of hydrogen-bond acceptors (Lipinski definition) is 3. The molecule has 18 heavy (non-hydrogen) atoms. The fourth-order valence-corrected chi connectivity index (χ4v) is 1.62. The molecule has 0 aliphatic heterocycles. The molecule has 0 aliphatic rings. The second-order valence-electron chi connectivity index (χ2n) is 3.88. The largest absolute Gasteiger partial charge is 0.358 e. The summed E-state index contributed by atoms with van der Waals surface area (Å²) in [7, 11) is 0. The molecular formula is C13H14N4S. The van der Waals surface area contributed by atoms with Crippen LogP contribution in [-0.4, -0.2) is 15.1 Å². The summed E-state index contributed by atoms with van der Waals surface area (Å²) in [4.78, 5) is 8.15. The van der Waals surface area contributed by atoms with Gasteiger partial charge >= 0.3 is 0 Å². The van der Waals surface area contributed by atoms with Crippen molar-refractivity contribution in [2.45, 2.75) is 13.5 Å². The van der Waals surface area contributed by atoms with Gasteiger partial charge in [0.25, 0.3) is 0 Å². The highest BCUT2D eigenvalue weighted by Crippen LogP contribution is 2.05. The fraction of sp³-hybridized carbons (Fsp3) is 0.154. The quantitative estimate of drug-likeness (QED) is 0.827. The maximum absolute atomic E-state index is 5.20. The Morgan fingerprint density at radius 1 is 1.22 bits per heavy atom. The van der Waals surface area contributed by atoms with E-state index >= 15 is 0 Å². The van der Waals surface area contributed by atoms with Crippen molar-refractivity contribution >= 4 is 23.1 Å². The predicted molar refractivity (Wildman–Crippen MR) is 76.3 cm³/mol. The zero-order valence-electron chi connectivity index (χ0n) is 10.1. The average molecular weight is 258 g/mol. The molecule has 2 heterocycles. The van der Waals surface area contributed by atoms with E-state index in [-0.39, 0.29) is 0 Å². The van der Waals surface area contributed by atoms with Gasteiger partial charge in [-0.15, -0.1) is 0 Å². The lowest BCUT2D eigenvalue weighted by molar-refractivity contribution is 0.920. The Bertz CT molecular complexity index is 528. The van der Waals surface area contributed by atoms with Gasteiger partial charge < -0.3 is 10.6 Å². The number of aromatic nitrogens is 2. The van der Waals surface area contributed by atoms with Crippen molar-refractivity contribution in [2.24, 2.45) is 0 Å². The molecule has 2 rings (SSSR count). The zero-order chi connectivity index (χ0) is 12.8. The van der Waals surface area contributed by atoms with Crippen LogP contribution in [0.3, 0.4) is 0 Å². The lowest BCUT2D eigenvalue weighted by Crippen LogP contribution is -2.28. The number of pyridine rings is 2. The van der Waals surface area contributed by atoms with Crippen LogP contribution in [0.5, 0.6) is 0 Å². The van der Waals surface area contributed by atoms with Crippen LogP contribution in [0.1, 0.15) is 11.1 Å². The van der Waals surface area contributed by atoms with Crippen molar-refractivity contribution in [1.29, 1.82) is 0 Å². The third kappa shape index (κ3) is 3.78. The normalized spacial score (nSPS) is 9.83. The van der Waals surface area contributed by atoms with E-state index in [2.05, 4.69) is 20.6 Å². The van der Waals surface area contributed by atoms with Crippen molar-refractivity contribution in [1.82, 2.24) is 15.3 Å². The summed E-state index contributed by atoms with van der Waals surface area (Å²) < 4.78 is 0. The van der Waals surface area contributed by atoms with E-state index in [1.165, 1.54) is 0 Å². The third-order valence-corrected chi connectivity index (χ3v) is 2.61. The van der Waals surface area contributed by atoms with Crippen LogP contribution in [0.15, 0.2) is 42.9 Å². The van der Waals surface area contributed by atoms with Gasteiger partial charge in [0.1, 0.15) is 5.82 Å². The monoisotopic (exact) mass is 258 g/mol. The van der Waals surface area contributed by atoms with Crippen LogP contribution in [0.4, 0.5) is 5.82 Å². The molecule has 2 N–H and O–H groups in total. The average Bonchev–Trinajstić information content (AvgIpc) is 2.38. The van der Waals surface area contributed by atoms with E-state index < -0.39 is 0 Å². The molecule has 0 spiro atoms. The third-order valence-electron chi connectivity index (χ3n) is 2.36. The van der Waals surface area contributed by atoms with Gasteiger partial charge in [0, 0.05) is 25.1 Å². The van der Waals surface area contributed by atoms with Crippen molar-refractivity contribution < 1.29 is 0 Å². The molecule has 0 amide bonds. The molecule has 0 bridgehead atoms. The molecule has 2 aromatic heterocycles. The molecule has 0 unspecified atom stereocenters. The van der Waals surface area contributed by atoms with Crippen LogP contribution < -0.4 is 10.6 Å². The SMILES string of the molecule is Cc1ccnc(NC(=S)NCc2ccncc2)c1. The lowest BCUT2D eigenvalue weighted by atomic mass is 10.3. The first-order chi connectivity index (χ1) is 8.74. The van der Waals surface area contributed by atoms with E-state index in [0.717, 1.165) is 16.9 Å². The second-order valence-corrected chi connectivity index (χ2v) is 4.29. The van der Waals surface area contributed by atoms with Gasteiger partial charge in [0.05, 0.1) is 0 Å². The summed E-state index contributed by atoms with van der Waals surface area (Å²) in [6.07, 6.45) is 5.27. The Kier molecular flexibility index (Phi) is 4.20. The number of anilines is 1. The summed E-state index contributed by atoms with van der Waals surface area (Å²) in [5.41, 5.74) is 2.27. The molecule has 2 aromatic rings. The Balaban J connectivity index is 1.86. The fourth-order valence-electron chi connectivity index (χ4n) is 1.45. The van der Waals surface area contributed by atoms with Crippen LogP contribution in [-0.2, 0) is 6.54 Å². The zero-order valence-corrected chi connectivity index (χ0v) is 10.9. The number of aryl methyl sites for hydroxylation is 1. The van der Waals surface area contributed by atoms with Crippen molar-refractivity contribution in [3.8, 4) is 0 Å². The Morgan fingerprint density at radius 3 is 2.72 bits per heavy atom. The van der Waals surface area contributed by atoms with Gasteiger partial charge in [0.2, 0.25) is 0 Å². The van der Waals surface area contributed by atoms with Gasteiger partial charge in [-0.3, -0.25) is 4.98 Å². The molecule has 4 nitrogen and oxygen atoms in total. The number of rotatable bonds is 3. The van der Waals surface area contributed by atoms with Crippen molar-refractivity contribution in [3.63, 3.8) is 0 Å². The molecule has 0 atom stereocenters. The Hall–Kier alpha value is -2.01. The summed E-state index contributed by atoms with van der Waals surface area (Å²) in [5.74, 6) is 0.752. The first kappa shape index (κ1) is 12.4. The van der Waals surface area contributed by atoms with Gasteiger partial charge in [-0.25, -0.2) is 4.98 Å². The summed E-state index contributed by atoms with van der Waals surface area (Å²) in [6.45, 7) is 2.68.